The van der Waals surface area contributed by atoms with Crippen molar-refractivity contribution in [3.63, 3.8) is 0 Å². The van der Waals surface area contributed by atoms with Gasteiger partial charge >= 0.3 is 0 Å². The quantitative estimate of drug-likeness (QED) is 0.861. The van der Waals surface area contributed by atoms with Gasteiger partial charge in [-0.2, -0.15) is 4.31 Å². The molecule has 108 valence electrons. The Labute approximate surface area is 120 Å². The second kappa shape index (κ2) is 6.40. The van der Waals surface area contributed by atoms with Crippen molar-refractivity contribution >= 4 is 10.0 Å². The Bertz CT molecular complexity index is 622. The van der Waals surface area contributed by atoms with Gasteiger partial charge < -0.3 is 5.11 Å². The van der Waals surface area contributed by atoms with E-state index in [-0.39, 0.29) is 17.5 Å². The van der Waals surface area contributed by atoms with Crippen LogP contribution >= 0.6 is 0 Å². The summed E-state index contributed by atoms with van der Waals surface area (Å²) in [5.41, 5.74) is 0.436. The lowest BCUT2D eigenvalue weighted by Crippen LogP contribution is -2.35. The van der Waals surface area contributed by atoms with Gasteiger partial charge in [0.15, 0.2) is 0 Å². The van der Waals surface area contributed by atoms with Crippen LogP contribution in [0.5, 0.6) is 0 Å². The molecule has 4 nitrogen and oxygen atoms in total. The Kier molecular flexibility index (Phi) is 4.81. The van der Waals surface area contributed by atoms with Crippen LogP contribution in [0.4, 0.5) is 0 Å². The van der Waals surface area contributed by atoms with Gasteiger partial charge in [-0.15, -0.1) is 0 Å². The fourth-order valence-corrected chi connectivity index (χ4v) is 4.11. The molecule has 0 spiro atoms. The predicted molar refractivity (Wildman–Crippen MR) is 77.6 cm³/mol. The minimum absolute atomic E-state index is 0.0823. The van der Waals surface area contributed by atoms with E-state index in [9.17, 15) is 8.42 Å². The number of hydrogen-bond donors (Lipinski definition) is 1. The Hall–Kier alpha value is -1.35. The van der Waals surface area contributed by atoms with Crippen molar-refractivity contribution in [1.29, 1.82) is 0 Å². The normalized spacial score (nSPS) is 16.1. The van der Waals surface area contributed by atoms with Crippen molar-refractivity contribution < 1.29 is 13.5 Å². The summed E-state index contributed by atoms with van der Waals surface area (Å²) in [6, 6.07) is 6.76. The van der Waals surface area contributed by atoms with Crippen LogP contribution < -0.4 is 0 Å². The molecule has 0 unspecified atom stereocenters. The van der Waals surface area contributed by atoms with Gasteiger partial charge in [0.1, 0.15) is 6.61 Å². The average molecular weight is 293 g/mol. The van der Waals surface area contributed by atoms with Gasteiger partial charge in [0.05, 0.1) is 4.90 Å². The van der Waals surface area contributed by atoms with Crippen LogP contribution in [0, 0.1) is 11.8 Å². The fourth-order valence-electron chi connectivity index (χ4n) is 2.55. The van der Waals surface area contributed by atoms with Crippen molar-refractivity contribution in [3.8, 4) is 11.8 Å². The molecular weight excluding hydrogens is 274 g/mol. The summed E-state index contributed by atoms with van der Waals surface area (Å²) in [6.07, 6.45) is 3.99. The average Bonchev–Trinajstić information content (AvgIpc) is 2.98. The molecule has 1 N–H and O–H groups in total. The van der Waals surface area contributed by atoms with Gasteiger partial charge in [-0.3, -0.25) is 0 Å². The molecule has 1 aliphatic rings. The molecule has 0 radical (unpaired) electrons. The lowest BCUT2D eigenvalue weighted by Gasteiger charge is -2.24. The Morgan fingerprint density at radius 1 is 1.30 bits per heavy atom. The van der Waals surface area contributed by atoms with Crippen LogP contribution in [0.25, 0.3) is 0 Å². The zero-order valence-electron chi connectivity index (χ0n) is 11.5. The van der Waals surface area contributed by atoms with E-state index in [4.69, 9.17) is 5.11 Å². The fraction of sp³-hybridized carbons (Fsp3) is 0.467. The number of sulfonamides is 1. The Morgan fingerprint density at radius 2 is 1.95 bits per heavy atom. The first-order valence-corrected chi connectivity index (χ1v) is 8.18. The highest BCUT2D eigenvalue weighted by atomic mass is 32.2. The monoisotopic (exact) mass is 293 g/mol. The number of hydrogen-bond acceptors (Lipinski definition) is 3. The maximum Gasteiger partial charge on any atom is 0.244 e. The molecule has 0 aromatic heterocycles. The van der Waals surface area contributed by atoms with Gasteiger partial charge in [-0.1, -0.05) is 36.8 Å². The third-order valence-corrected chi connectivity index (χ3v) is 5.65. The van der Waals surface area contributed by atoms with E-state index in [1.165, 1.54) is 4.31 Å². The zero-order chi connectivity index (χ0) is 14.6. The van der Waals surface area contributed by atoms with Crippen LogP contribution in [-0.4, -0.2) is 37.5 Å². The zero-order valence-corrected chi connectivity index (χ0v) is 12.4. The lowest BCUT2D eigenvalue weighted by atomic mass is 10.2. The molecule has 1 aromatic rings. The van der Waals surface area contributed by atoms with Crippen LogP contribution in [-0.2, 0) is 10.0 Å². The highest BCUT2D eigenvalue weighted by Crippen LogP contribution is 2.28. The molecule has 1 fully saturated rings. The smallest absolute Gasteiger partial charge is 0.244 e. The summed E-state index contributed by atoms with van der Waals surface area (Å²) in [7, 11) is -1.89. The van der Waals surface area contributed by atoms with Gasteiger partial charge in [-0.25, -0.2) is 8.42 Å². The molecule has 2 rings (SSSR count). The highest BCUT2D eigenvalue weighted by Gasteiger charge is 2.31. The van der Waals surface area contributed by atoms with E-state index in [0.717, 1.165) is 25.7 Å². The molecule has 5 heteroatoms. The first kappa shape index (κ1) is 15.0. The number of nitrogens with zero attached hydrogens (tertiary/aromatic N) is 1. The molecule has 1 aliphatic carbocycles. The maximum atomic E-state index is 12.7. The van der Waals surface area contributed by atoms with Crippen molar-refractivity contribution in [3.05, 3.63) is 29.8 Å². The number of aliphatic hydroxyl groups is 1. The molecule has 20 heavy (non-hydrogen) atoms. The summed E-state index contributed by atoms with van der Waals surface area (Å²) in [4.78, 5) is 0.218. The van der Waals surface area contributed by atoms with Crippen molar-refractivity contribution in [2.75, 3.05) is 13.7 Å². The van der Waals surface area contributed by atoms with Gasteiger partial charge in [0, 0.05) is 18.7 Å². The third-order valence-electron chi connectivity index (χ3n) is 3.69. The van der Waals surface area contributed by atoms with E-state index < -0.39 is 10.0 Å². The van der Waals surface area contributed by atoms with E-state index in [0.29, 0.717) is 5.56 Å². The van der Waals surface area contributed by atoms with Gasteiger partial charge in [0.2, 0.25) is 10.0 Å². The SMILES string of the molecule is CN(C1CCCC1)S(=O)(=O)c1ccccc1C#CCO. The molecule has 0 heterocycles. The lowest BCUT2D eigenvalue weighted by molar-refractivity contribution is 0.350. The van der Waals surface area contributed by atoms with E-state index >= 15 is 0 Å². The highest BCUT2D eigenvalue weighted by molar-refractivity contribution is 7.89. The summed E-state index contributed by atoms with van der Waals surface area (Å²) >= 11 is 0. The molecular formula is C15H19NO3S. The van der Waals surface area contributed by atoms with Crippen LogP contribution in [0.3, 0.4) is 0 Å². The number of benzene rings is 1. The minimum atomic E-state index is -3.53. The first-order chi connectivity index (χ1) is 9.57. The second-order valence-electron chi connectivity index (χ2n) is 4.92. The van der Waals surface area contributed by atoms with Crippen LogP contribution in [0.1, 0.15) is 31.2 Å². The molecule has 0 atom stereocenters. The second-order valence-corrected chi connectivity index (χ2v) is 6.88. The number of aliphatic hydroxyl groups excluding tert-OH is 1. The molecule has 0 saturated heterocycles. The summed E-state index contributed by atoms with van der Waals surface area (Å²) in [5.74, 6) is 5.22. The Balaban J connectivity index is 2.38. The molecule has 0 amide bonds. The number of rotatable bonds is 3. The standard InChI is InChI=1S/C15H19NO3S/c1-16(14-9-3-4-10-14)20(18,19)15-11-5-2-7-13(15)8-6-12-17/h2,5,7,11,14,17H,3-4,9-10,12H2,1H3. The van der Waals surface area contributed by atoms with E-state index in [1.54, 1.807) is 31.3 Å². The van der Waals surface area contributed by atoms with E-state index in [2.05, 4.69) is 11.8 Å². The van der Waals surface area contributed by atoms with Gasteiger partial charge in [-0.05, 0) is 25.0 Å². The summed E-state index contributed by atoms with van der Waals surface area (Å²) < 4.78 is 26.9. The largest absolute Gasteiger partial charge is 0.384 e. The van der Waals surface area contributed by atoms with Crippen molar-refractivity contribution in [1.82, 2.24) is 4.31 Å². The van der Waals surface area contributed by atoms with Crippen LogP contribution in [0.2, 0.25) is 0 Å². The molecule has 1 saturated carbocycles. The Morgan fingerprint density at radius 3 is 2.60 bits per heavy atom. The summed E-state index contributed by atoms with van der Waals surface area (Å²) in [5, 5.41) is 8.77. The minimum Gasteiger partial charge on any atom is -0.384 e. The van der Waals surface area contributed by atoms with Crippen LogP contribution in [0.15, 0.2) is 29.2 Å². The van der Waals surface area contributed by atoms with E-state index in [1.807, 2.05) is 0 Å². The molecule has 0 bridgehead atoms. The predicted octanol–water partition coefficient (Wildman–Crippen LogP) is 1.59. The third kappa shape index (κ3) is 3.04. The topological polar surface area (TPSA) is 57.6 Å². The van der Waals surface area contributed by atoms with Crippen molar-refractivity contribution in [2.24, 2.45) is 0 Å². The first-order valence-electron chi connectivity index (χ1n) is 6.74. The summed E-state index contributed by atoms with van der Waals surface area (Å²) in [6.45, 7) is -0.285. The van der Waals surface area contributed by atoms with Gasteiger partial charge in [0.25, 0.3) is 0 Å². The van der Waals surface area contributed by atoms with Crippen molar-refractivity contribution in [2.45, 2.75) is 36.6 Å². The molecule has 1 aromatic carbocycles. The molecule has 0 aliphatic heterocycles. The maximum absolute atomic E-state index is 12.7.